The quantitative estimate of drug-likeness (QED) is 0.303. The van der Waals surface area contributed by atoms with Gasteiger partial charge in [-0.15, -0.1) is 0 Å². The number of aromatic amines is 1. The molecule has 2 aromatic heterocycles. The third kappa shape index (κ3) is 4.32. The second kappa shape index (κ2) is 9.29. The molecule has 4 rings (SSSR count). The maximum Gasteiger partial charge on any atom is 0.416 e. The number of carbonyl (C=O) groups is 2. The summed E-state index contributed by atoms with van der Waals surface area (Å²) in [5.41, 5.74) is -1.32. The van der Waals surface area contributed by atoms with Crippen LogP contribution in [0.15, 0.2) is 47.3 Å². The summed E-state index contributed by atoms with van der Waals surface area (Å²) in [5.74, 6) is -0.281. The SMILES string of the molecule is COc1ccc(C(=O)c2nc3c(c(C=O)nn3C(C)c3ccc(C(F)(F)F)cc3)c(=O)[nH]2)cc1OC. The molecule has 12 heteroatoms. The molecule has 1 unspecified atom stereocenters. The molecule has 0 saturated heterocycles. The second-order valence-corrected chi connectivity index (χ2v) is 7.76. The normalized spacial score (nSPS) is 12.4. The molecular weight excluding hydrogens is 481 g/mol. The number of hydrogen-bond donors (Lipinski definition) is 1. The molecule has 0 aliphatic rings. The molecule has 4 aromatic rings. The average molecular weight is 500 g/mol. The summed E-state index contributed by atoms with van der Waals surface area (Å²) in [6.07, 6.45) is -4.13. The van der Waals surface area contributed by atoms with Gasteiger partial charge in [0.2, 0.25) is 5.78 Å². The molecule has 2 aromatic carbocycles. The number of nitrogens with zero attached hydrogens (tertiary/aromatic N) is 3. The Kier molecular flexibility index (Phi) is 6.35. The Labute approximate surface area is 201 Å². The van der Waals surface area contributed by atoms with Gasteiger partial charge in [0.25, 0.3) is 5.56 Å². The molecule has 2 heterocycles. The van der Waals surface area contributed by atoms with Crippen molar-refractivity contribution >= 4 is 23.1 Å². The fraction of sp³-hybridized carbons (Fsp3) is 0.208. The molecule has 0 radical (unpaired) electrons. The summed E-state index contributed by atoms with van der Waals surface area (Å²) in [7, 11) is 2.84. The number of H-pyrrole nitrogens is 1. The maximum absolute atomic E-state index is 13.1. The minimum absolute atomic E-state index is 0.0722. The molecular formula is C24H19F3N4O5. The lowest BCUT2D eigenvalue weighted by Gasteiger charge is -2.15. The molecule has 0 aliphatic carbocycles. The highest BCUT2D eigenvalue weighted by atomic mass is 19.4. The zero-order chi connectivity index (χ0) is 26.2. The topological polar surface area (TPSA) is 116 Å². The monoisotopic (exact) mass is 500 g/mol. The number of fused-ring (bicyclic) bond motifs is 1. The van der Waals surface area contributed by atoms with E-state index < -0.39 is 29.1 Å². The van der Waals surface area contributed by atoms with Crippen molar-refractivity contribution in [1.82, 2.24) is 19.7 Å². The summed E-state index contributed by atoms with van der Waals surface area (Å²) in [4.78, 5) is 44.2. The summed E-state index contributed by atoms with van der Waals surface area (Å²) >= 11 is 0. The van der Waals surface area contributed by atoms with Crippen molar-refractivity contribution in [2.45, 2.75) is 19.1 Å². The highest BCUT2D eigenvalue weighted by molar-refractivity contribution is 6.07. The molecule has 0 aliphatic heterocycles. The number of ketones is 1. The van der Waals surface area contributed by atoms with Crippen LogP contribution in [0.1, 0.15) is 50.8 Å². The van der Waals surface area contributed by atoms with Gasteiger partial charge < -0.3 is 14.5 Å². The first kappa shape index (κ1) is 24.6. The van der Waals surface area contributed by atoms with E-state index in [2.05, 4.69) is 15.1 Å². The van der Waals surface area contributed by atoms with Gasteiger partial charge >= 0.3 is 6.18 Å². The lowest BCUT2D eigenvalue weighted by molar-refractivity contribution is -0.137. The number of alkyl halides is 3. The number of nitrogens with one attached hydrogen (secondary N) is 1. The Hall–Kier alpha value is -4.48. The van der Waals surface area contributed by atoms with Gasteiger partial charge in [-0.2, -0.15) is 18.3 Å². The van der Waals surface area contributed by atoms with E-state index in [1.165, 1.54) is 49.2 Å². The Morgan fingerprint density at radius 1 is 1.08 bits per heavy atom. The molecule has 1 N–H and O–H groups in total. The van der Waals surface area contributed by atoms with Crippen molar-refractivity contribution in [3.8, 4) is 11.5 Å². The number of hydrogen-bond acceptors (Lipinski definition) is 7. The van der Waals surface area contributed by atoms with E-state index in [4.69, 9.17) is 9.47 Å². The van der Waals surface area contributed by atoms with Crippen molar-refractivity contribution in [3.05, 3.63) is 81.0 Å². The smallest absolute Gasteiger partial charge is 0.416 e. The zero-order valence-corrected chi connectivity index (χ0v) is 19.2. The molecule has 0 saturated carbocycles. The van der Waals surface area contributed by atoms with E-state index in [0.29, 0.717) is 17.6 Å². The minimum Gasteiger partial charge on any atom is -0.493 e. The minimum atomic E-state index is -4.50. The molecule has 0 amide bonds. The predicted molar refractivity (Wildman–Crippen MR) is 122 cm³/mol. The number of methoxy groups -OCH3 is 2. The Balaban J connectivity index is 1.82. The van der Waals surface area contributed by atoms with E-state index >= 15 is 0 Å². The molecule has 36 heavy (non-hydrogen) atoms. The standard InChI is InChI=1S/C24H19F3N4O5/c1-12(13-4-7-15(8-5-13)24(25,26)27)31-22-19(16(11-32)30-31)23(34)29-21(28-22)20(33)14-6-9-17(35-2)18(10-14)36-3/h4-12H,1-3H3,(H,28,29,34). The summed E-state index contributed by atoms with van der Waals surface area (Å²) in [5, 5.41) is 3.99. The van der Waals surface area contributed by atoms with Gasteiger partial charge in [0, 0.05) is 5.56 Å². The number of halogens is 3. The van der Waals surface area contributed by atoms with E-state index in [0.717, 1.165) is 12.1 Å². The zero-order valence-electron chi connectivity index (χ0n) is 19.2. The van der Waals surface area contributed by atoms with Crippen LogP contribution in [0.2, 0.25) is 0 Å². The Morgan fingerprint density at radius 2 is 1.75 bits per heavy atom. The van der Waals surface area contributed by atoms with Gasteiger partial charge in [0.1, 0.15) is 11.1 Å². The second-order valence-electron chi connectivity index (χ2n) is 7.76. The molecule has 186 valence electrons. The number of aromatic nitrogens is 4. The average Bonchev–Trinajstić information content (AvgIpc) is 3.26. The molecule has 9 nitrogen and oxygen atoms in total. The van der Waals surface area contributed by atoms with Crippen molar-refractivity contribution in [3.63, 3.8) is 0 Å². The van der Waals surface area contributed by atoms with Crippen molar-refractivity contribution in [2.75, 3.05) is 14.2 Å². The first-order chi connectivity index (χ1) is 17.1. The van der Waals surface area contributed by atoms with Gasteiger partial charge in [-0.25, -0.2) is 9.67 Å². The summed E-state index contributed by atoms with van der Waals surface area (Å²) in [6.45, 7) is 1.61. The third-order valence-corrected chi connectivity index (χ3v) is 5.65. The van der Waals surface area contributed by atoms with Crippen LogP contribution < -0.4 is 15.0 Å². The maximum atomic E-state index is 13.1. The van der Waals surface area contributed by atoms with Crippen molar-refractivity contribution in [2.24, 2.45) is 0 Å². The lowest BCUT2D eigenvalue weighted by atomic mass is 10.1. The van der Waals surface area contributed by atoms with Gasteiger partial charge in [0.05, 0.1) is 25.8 Å². The van der Waals surface area contributed by atoms with Gasteiger partial charge in [-0.05, 0) is 42.8 Å². The summed E-state index contributed by atoms with van der Waals surface area (Å²) in [6, 6.07) is 8.06. The predicted octanol–water partition coefficient (Wildman–Crippen LogP) is 3.81. The highest BCUT2D eigenvalue weighted by Crippen LogP contribution is 2.31. The summed E-state index contributed by atoms with van der Waals surface area (Å²) < 4.78 is 50.4. The van der Waals surface area contributed by atoms with Crippen molar-refractivity contribution in [1.29, 1.82) is 0 Å². The number of ether oxygens (including phenoxy) is 2. The number of benzene rings is 2. The Bertz CT molecular complexity index is 1520. The van der Waals surface area contributed by atoms with Crippen LogP contribution in [-0.4, -0.2) is 46.0 Å². The van der Waals surface area contributed by atoms with Gasteiger partial charge in [-0.1, -0.05) is 12.1 Å². The van der Waals surface area contributed by atoms with E-state index in [1.807, 2.05) is 0 Å². The first-order valence-electron chi connectivity index (χ1n) is 10.5. The van der Waals surface area contributed by atoms with E-state index in [1.54, 1.807) is 6.92 Å². The van der Waals surface area contributed by atoms with Crippen LogP contribution >= 0.6 is 0 Å². The van der Waals surface area contributed by atoms with Crippen LogP contribution in [0.5, 0.6) is 11.5 Å². The van der Waals surface area contributed by atoms with Crippen LogP contribution in [0.25, 0.3) is 11.0 Å². The molecule has 0 fully saturated rings. The number of carbonyl (C=O) groups excluding carboxylic acids is 2. The third-order valence-electron chi connectivity index (χ3n) is 5.65. The lowest BCUT2D eigenvalue weighted by Crippen LogP contribution is -2.18. The number of aldehydes is 1. The fourth-order valence-electron chi connectivity index (χ4n) is 3.74. The van der Waals surface area contributed by atoms with Crippen LogP contribution in [0.4, 0.5) is 13.2 Å². The van der Waals surface area contributed by atoms with Crippen LogP contribution in [0, 0.1) is 0 Å². The first-order valence-corrected chi connectivity index (χ1v) is 10.5. The van der Waals surface area contributed by atoms with Gasteiger partial charge in [0.15, 0.2) is 29.3 Å². The molecule has 0 bridgehead atoms. The van der Waals surface area contributed by atoms with Gasteiger partial charge in [-0.3, -0.25) is 14.4 Å². The fourth-order valence-corrected chi connectivity index (χ4v) is 3.74. The number of rotatable bonds is 7. The van der Waals surface area contributed by atoms with E-state index in [9.17, 15) is 27.6 Å². The highest BCUT2D eigenvalue weighted by Gasteiger charge is 2.30. The van der Waals surface area contributed by atoms with Crippen LogP contribution in [0.3, 0.4) is 0 Å². The molecule has 0 spiro atoms. The largest absolute Gasteiger partial charge is 0.493 e. The van der Waals surface area contributed by atoms with Crippen LogP contribution in [-0.2, 0) is 6.18 Å². The van der Waals surface area contributed by atoms with Crippen molar-refractivity contribution < 1.29 is 32.2 Å². The van der Waals surface area contributed by atoms with E-state index in [-0.39, 0.29) is 33.9 Å². The Morgan fingerprint density at radius 3 is 2.33 bits per heavy atom. The molecule has 1 atom stereocenters.